The first-order chi connectivity index (χ1) is 10.7. The highest BCUT2D eigenvalue weighted by atomic mass is 16.5. The molecule has 0 aliphatic heterocycles. The van der Waals surface area contributed by atoms with E-state index in [-0.39, 0.29) is 17.4 Å². The average molecular weight is 303 g/mol. The standard InChI is InChI=1S/C19H29NO2/c1-22-19(12-20-18(21)15-5-3-2-4-6-15)16-8-13-7-14(10-16)11-17(19)9-13/h2-3,13-17H,4-12H2,1H3,(H,20,21)/t13?,14?,15-,16?,17?,19?/m1/s1. The fourth-order valence-electron chi connectivity index (χ4n) is 6.08. The van der Waals surface area contributed by atoms with E-state index in [0.29, 0.717) is 11.8 Å². The normalized spacial score (nSPS) is 46.0. The van der Waals surface area contributed by atoms with Crippen LogP contribution in [0, 0.1) is 29.6 Å². The van der Waals surface area contributed by atoms with Gasteiger partial charge in [-0.2, -0.15) is 0 Å². The third-order valence-corrected chi connectivity index (χ3v) is 7.08. The number of carbonyl (C=O) groups is 1. The van der Waals surface area contributed by atoms with Crippen molar-refractivity contribution in [3.63, 3.8) is 0 Å². The molecular formula is C19H29NO2. The maximum atomic E-state index is 12.5. The molecule has 1 amide bonds. The summed E-state index contributed by atoms with van der Waals surface area (Å²) in [4.78, 5) is 12.5. The van der Waals surface area contributed by atoms with Crippen LogP contribution in [-0.2, 0) is 9.53 Å². The maximum absolute atomic E-state index is 12.5. The van der Waals surface area contributed by atoms with Crippen LogP contribution in [0.15, 0.2) is 12.2 Å². The van der Waals surface area contributed by atoms with Crippen molar-refractivity contribution in [1.29, 1.82) is 0 Å². The summed E-state index contributed by atoms with van der Waals surface area (Å²) in [5.41, 5.74) is -0.0758. The van der Waals surface area contributed by atoms with Crippen molar-refractivity contribution in [2.75, 3.05) is 13.7 Å². The molecule has 4 fully saturated rings. The van der Waals surface area contributed by atoms with Gasteiger partial charge in [0.05, 0.1) is 5.60 Å². The van der Waals surface area contributed by atoms with Crippen LogP contribution >= 0.6 is 0 Å². The molecule has 0 heterocycles. The Morgan fingerprint density at radius 3 is 2.36 bits per heavy atom. The van der Waals surface area contributed by atoms with E-state index >= 15 is 0 Å². The van der Waals surface area contributed by atoms with Crippen LogP contribution in [0.1, 0.15) is 51.4 Å². The Bertz CT molecular complexity index is 442. The fraction of sp³-hybridized carbons (Fsp3) is 0.842. The lowest BCUT2D eigenvalue weighted by molar-refractivity contribution is -0.188. The Morgan fingerprint density at radius 1 is 1.14 bits per heavy atom. The molecule has 0 aromatic heterocycles. The molecule has 1 N–H and O–H groups in total. The first-order valence-corrected chi connectivity index (χ1v) is 9.19. The number of allylic oxidation sites excluding steroid dienone is 2. The molecule has 3 nitrogen and oxygen atoms in total. The van der Waals surface area contributed by atoms with Crippen LogP contribution in [0.3, 0.4) is 0 Å². The molecule has 22 heavy (non-hydrogen) atoms. The molecule has 0 radical (unpaired) electrons. The van der Waals surface area contributed by atoms with Gasteiger partial charge in [0.15, 0.2) is 0 Å². The van der Waals surface area contributed by atoms with E-state index in [9.17, 15) is 4.79 Å². The van der Waals surface area contributed by atoms with Gasteiger partial charge in [-0.3, -0.25) is 4.79 Å². The fourth-order valence-corrected chi connectivity index (χ4v) is 6.08. The summed E-state index contributed by atoms with van der Waals surface area (Å²) in [6, 6.07) is 0. The smallest absolute Gasteiger partial charge is 0.223 e. The lowest BCUT2D eigenvalue weighted by Crippen LogP contribution is -2.63. The molecular weight excluding hydrogens is 274 g/mol. The SMILES string of the molecule is COC1(CNC(=O)[C@@H]2CC=CCC2)C2CC3CC(C2)CC1C3. The molecule has 5 aliphatic carbocycles. The van der Waals surface area contributed by atoms with Gasteiger partial charge in [0.1, 0.15) is 0 Å². The highest BCUT2D eigenvalue weighted by molar-refractivity contribution is 5.79. The lowest BCUT2D eigenvalue weighted by atomic mass is 9.49. The van der Waals surface area contributed by atoms with Gasteiger partial charge in [0.25, 0.3) is 0 Å². The zero-order valence-corrected chi connectivity index (χ0v) is 13.7. The molecule has 0 unspecified atom stereocenters. The molecule has 4 saturated carbocycles. The Morgan fingerprint density at radius 2 is 1.82 bits per heavy atom. The van der Waals surface area contributed by atoms with E-state index in [4.69, 9.17) is 4.74 Å². The van der Waals surface area contributed by atoms with Gasteiger partial charge in [0, 0.05) is 19.6 Å². The van der Waals surface area contributed by atoms with E-state index in [1.807, 2.05) is 7.11 Å². The minimum Gasteiger partial charge on any atom is -0.376 e. The number of ether oxygens (including phenoxy) is 1. The summed E-state index contributed by atoms with van der Waals surface area (Å²) < 4.78 is 6.12. The van der Waals surface area contributed by atoms with E-state index in [1.165, 1.54) is 32.1 Å². The van der Waals surface area contributed by atoms with Crippen molar-refractivity contribution in [1.82, 2.24) is 5.32 Å². The van der Waals surface area contributed by atoms with Gasteiger partial charge in [-0.05, 0) is 75.0 Å². The van der Waals surface area contributed by atoms with Crippen molar-refractivity contribution >= 4 is 5.91 Å². The number of methoxy groups -OCH3 is 1. The average Bonchev–Trinajstić information content (AvgIpc) is 2.55. The zero-order chi connectivity index (χ0) is 15.2. The summed E-state index contributed by atoms with van der Waals surface area (Å²) in [7, 11) is 1.87. The van der Waals surface area contributed by atoms with Crippen LogP contribution in [-0.4, -0.2) is 25.2 Å². The molecule has 5 rings (SSSR count). The van der Waals surface area contributed by atoms with E-state index in [0.717, 1.165) is 37.6 Å². The quantitative estimate of drug-likeness (QED) is 0.809. The number of amides is 1. The highest BCUT2D eigenvalue weighted by Crippen LogP contribution is 2.59. The first-order valence-electron chi connectivity index (χ1n) is 9.19. The maximum Gasteiger partial charge on any atom is 0.223 e. The summed E-state index contributed by atoms with van der Waals surface area (Å²) >= 11 is 0. The van der Waals surface area contributed by atoms with Crippen molar-refractivity contribution in [3.8, 4) is 0 Å². The van der Waals surface area contributed by atoms with Crippen LogP contribution in [0.4, 0.5) is 0 Å². The number of rotatable bonds is 4. The monoisotopic (exact) mass is 303 g/mol. The molecule has 4 bridgehead atoms. The van der Waals surface area contributed by atoms with Gasteiger partial charge in [-0.1, -0.05) is 12.2 Å². The molecule has 0 saturated heterocycles. The lowest BCUT2D eigenvalue weighted by Gasteiger charge is -2.60. The second-order valence-electron chi connectivity index (χ2n) is 8.16. The molecule has 0 aromatic rings. The van der Waals surface area contributed by atoms with Crippen LogP contribution in [0.2, 0.25) is 0 Å². The summed E-state index contributed by atoms with van der Waals surface area (Å²) in [5, 5.41) is 3.27. The first kappa shape index (κ1) is 14.7. The summed E-state index contributed by atoms with van der Waals surface area (Å²) in [6.07, 6.45) is 14.0. The zero-order valence-electron chi connectivity index (χ0n) is 13.7. The predicted molar refractivity (Wildman–Crippen MR) is 86.3 cm³/mol. The third-order valence-electron chi connectivity index (χ3n) is 7.08. The molecule has 0 spiro atoms. The van der Waals surface area contributed by atoms with Crippen LogP contribution < -0.4 is 5.32 Å². The number of hydrogen-bond donors (Lipinski definition) is 1. The number of carbonyl (C=O) groups excluding carboxylic acids is 1. The van der Waals surface area contributed by atoms with Gasteiger partial charge < -0.3 is 10.1 Å². The summed E-state index contributed by atoms with van der Waals surface area (Å²) in [5.74, 6) is 3.63. The third kappa shape index (κ3) is 2.33. The topological polar surface area (TPSA) is 38.3 Å². The minimum absolute atomic E-state index is 0.0758. The number of hydrogen-bond acceptors (Lipinski definition) is 2. The van der Waals surface area contributed by atoms with Crippen LogP contribution in [0.25, 0.3) is 0 Å². The number of nitrogens with one attached hydrogen (secondary N) is 1. The minimum atomic E-state index is -0.0758. The summed E-state index contributed by atoms with van der Waals surface area (Å²) in [6.45, 7) is 0.733. The molecule has 0 aromatic carbocycles. The van der Waals surface area contributed by atoms with Crippen molar-refractivity contribution in [2.24, 2.45) is 29.6 Å². The highest BCUT2D eigenvalue weighted by Gasteiger charge is 2.57. The molecule has 122 valence electrons. The van der Waals surface area contributed by atoms with Crippen molar-refractivity contribution in [3.05, 3.63) is 12.2 Å². The van der Waals surface area contributed by atoms with Crippen LogP contribution in [0.5, 0.6) is 0 Å². The molecule has 1 atom stereocenters. The second-order valence-corrected chi connectivity index (χ2v) is 8.16. The van der Waals surface area contributed by atoms with Crippen molar-refractivity contribution < 1.29 is 9.53 Å². The van der Waals surface area contributed by atoms with Gasteiger partial charge in [0.2, 0.25) is 5.91 Å². The van der Waals surface area contributed by atoms with E-state index in [1.54, 1.807) is 0 Å². The van der Waals surface area contributed by atoms with E-state index < -0.39 is 0 Å². The van der Waals surface area contributed by atoms with Gasteiger partial charge in [-0.25, -0.2) is 0 Å². The Kier molecular flexibility index (Phi) is 3.80. The van der Waals surface area contributed by atoms with E-state index in [2.05, 4.69) is 17.5 Å². The largest absolute Gasteiger partial charge is 0.376 e. The Labute approximate surface area is 133 Å². The molecule has 3 heteroatoms. The van der Waals surface area contributed by atoms with Gasteiger partial charge in [-0.15, -0.1) is 0 Å². The second kappa shape index (κ2) is 5.67. The predicted octanol–water partition coefficient (Wildman–Crippen LogP) is 3.30. The Hall–Kier alpha value is -0.830. The van der Waals surface area contributed by atoms with Crippen molar-refractivity contribution in [2.45, 2.75) is 57.0 Å². The van der Waals surface area contributed by atoms with Gasteiger partial charge >= 0.3 is 0 Å². The Balaban J connectivity index is 1.43. The molecule has 5 aliphatic rings.